The second-order valence-electron chi connectivity index (χ2n) is 11.8. The fourth-order valence-corrected chi connectivity index (χ4v) is 3.69. The average molecular weight is 526 g/mol. The van der Waals surface area contributed by atoms with Crippen molar-refractivity contribution in [1.82, 2.24) is 4.90 Å². The summed E-state index contributed by atoms with van der Waals surface area (Å²) in [5, 5.41) is 0. The first kappa shape index (κ1) is 32.6. The van der Waals surface area contributed by atoms with Crippen LogP contribution in [0.25, 0.3) is 0 Å². The number of hydrogen-bond donors (Lipinski definition) is 0. The Bertz CT molecular complexity index is 795. The number of hydrogen-bond acceptors (Lipinski definition) is 8. The Morgan fingerprint density at radius 1 is 0.892 bits per heavy atom. The van der Waals surface area contributed by atoms with Gasteiger partial charge in [-0.2, -0.15) is 4.90 Å². The van der Waals surface area contributed by atoms with E-state index < -0.39 is 47.6 Å². The molecule has 4 atom stereocenters. The molecule has 0 spiro atoms. The molecule has 0 N–H and O–H groups in total. The molecule has 1 fully saturated rings. The van der Waals surface area contributed by atoms with Crippen LogP contribution in [-0.4, -0.2) is 71.8 Å². The maximum Gasteiger partial charge on any atom is 0.420 e. The van der Waals surface area contributed by atoms with E-state index in [2.05, 4.69) is 13.2 Å². The lowest BCUT2D eigenvalue weighted by Gasteiger charge is -2.36. The third-order valence-corrected chi connectivity index (χ3v) is 5.18. The van der Waals surface area contributed by atoms with Crippen LogP contribution < -0.4 is 0 Å². The molecule has 0 unspecified atom stereocenters. The number of rotatable bonds is 7. The molecule has 1 saturated heterocycles. The molecule has 0 saturated carbocycles. The van der Waals surface area contributed by atoms with E-state index in [0.29, 0.717) is 25.9 Å². The normalized spacial score (nSPS) is 23.4. The van der Waals surface area contributed by atoms with Gasteiger partial charge in [-0.25, -0.2) is 14.4 Å². The maximum absolute atomic E-state index is 13.5. The molecule has 37 heavy (non-hydrogen) atoms. The van der Waals surface area contributed by atoms with Gasteiger partial charge in [0.2, 0.25) is 0 Å². The second-order valence-corrected chi connectivity index (χ2v) is 11.8. The zero-order valence-electron chi connectivity index (χ0n) is 24.2. The Morgan fingerprint density at radius 2 is 1.35 bits per heavy atom. The molecule has 1 aliphatic rings. The fourth-order valence-electron chi connectivity index (χ4n) is 3.69. The highest BCUT2D eigenvalue weighted by atomic mass is 16.6. The Kier molecular flexibility index (Phi) is 12.3. The Morgan fingerprint density at radius 3 is 1.81 bits per heavy atom. The van der Waals surface area contributed by atoms with Gasteiger partial charge < -0.3 is 23.7 Å². The number of amides is 2. The number of imide groups is 1. The van der Waals surface area contributed by atoms with Crippen LogP contribution in [0.5, 0.6) is 0 Å². The van der Waals surface area contributed by atoms with Crippen molar-refractivity contribution >= 4 is 18.2 Å². The lowest BCUT2D eigenvalue weighted by atomic mass is 9.98. The number of esters is 1. The fraction of sp³-hybridized carbons (Fsp3) is 0.750. The van der Waals surface area contributed by atoms with Gasteiger partial charge in [0, 0.05) is 0 Å². The van der Waals surface area contributed by atoms with Crippen LogP contribution in [0.15, 0.2) is 24.3 Å². The maximum atomic E-state index is 13.5. The molecule has 1 rings (SSSR count). The molecular weight excluding hydrogens is 478 g/mol. The molecule has 9 heteroatoms. The van der Waals surface area contributed by atoms with Gasteiger partial charge in [-0.05, 0) is 75.2 Å². The van der Waals surface area contributed by atoms with E-state index in [1.807, 2.05) is 13.8 Å². The zero-order chi connectivity index (χ0) is 28.6. The molecule has 212 valence electrons. The Hall–Kier alpha value is -2.39. The van der Waals surface area contributed by atoms with E-state index in [9.17, 15) is 14.4 Å². The van der Waals surface area contributed by atoms with E-state index in [1.165, 1.54) is 0 Å². The summed E-state index contributed by atoms with van der Waals surface area (Å²) in [6.45, 7) is 23.9. The minimum absolute atomic E-state index is 0.189. The Balaban J connectivity index is 3.32. The standard InChI is InChI=1S/C28H47NO8/c1-18(2)16-33-22-15-13-12-14-21(24(30)35-20(5)23(22)34-17-19(3)4)29(25(31)36-27(6,7)8)26(32)37-28(9,10)11/h20-23H,1,3,12-17H2,2,4-11H3/t20-,21-,22-,23-/m0/s1. The number of carbonyl (C=O) groups is 3. The summed E-state index contributed by atoms with van der Waals surface area (Å²) in [7, 11) is 0. The first-order chi connectivity index (χ1) is 16.9. The van der Waals surface area contributed by atoms with Crippen LogP contribution in [0.1, 0.15) is 88.0 Å². The summed E-state index contributed by atoms with van der Waals surface area (Å²) in [6, 6.07) is -1.22. The van der Waals surface area contributed by atoms with Crippen LogP contribution in [-0.2, 0) is 28.5 Å². The van der Waals surface area contributed by atoms with E-state index >= 15 is 0 Å². The average Bonchev–Trinajstić information content (AvgIpc) is 2.69. The molecule has 2 amide bonds. The molecule has 0 aromatic carbocycles. The smallest absolute Gasteiger partial charge is 0.420 e. The molecule has 1 heterocycles. The van der Waals surface area contributed by atoms with Crippen LogP contribution in [0.2, 0.25) is 0 Å². The SMILES string of the molecule is C=C(C)CO[C@H]1[C@H](C)OC(=O)[C@@H](N(C(=O)OC(C)(C)C)C(=O)OC(C)(C)C)CCCC[C@@H]1OCC(=C)C. The summed E-state index contributed by atoms with van der Waals surface area (Å²) in [4.78, 5) is 40.5. The van der Waals surface area contributed by atoms with Crippen molar-refractivity contribution in [2.75, 3.05) is 13.2 Å². The topological polar surface area (TPSA) is 101 Å². The summed E-state index contributed by atoms with van der Waals surface area (Å²) in [5.41, 5.74) is -0.0984. The van der Waals surface area contributed by atoms with Gasteiger partial charge in [-0.1, -0.05) is 37.1 Å². The summed E-state index contributed by atoms with van der Waals surface area (Å²) < 4.78 is 28.9. The molecule has 0 bridgehead atoms. The van der Waals surface area contributed by atoms with Crippen molar-refractivity contribution in [3.8, 4) is 0 Å². The number of ether oxygens (including phenoxy) is 5. The molecular formula is C28H47NO8. The van der Waals surface area contributed by atoms with Crippen LogP contribution >= 0.6 is 0 Å². The van der Waals surface area contributed by atoms with Gasteiger partial charge in [0.15, 0.2) is 0 Å². The highest BCUT2D eigenvalue weighted by Crippen LogP contribution is 2.26. The highest BCUT2D eigenvalue weighted by molar-refractivity contribution is 5.94. The van der Waals surface area contributed by atoms with Crippen molar-refractivity contribution in [1.29, 1.82) is 0 Å². The second kappa shape index (κ2) is 14.0. The number of carbonyl (C=O) groups excluding carboxylic acids is 3. The predicted octanol–water partition coefficient (Wildman–Crippen LogP) is 5.96. The third kappa shape index (κ3) is 12.1. The number of cyclic esters (lactones) is 1. The van der Waals surface area contributed by atoms with Crippen LogP contribution in [0, 0.1) is 0 Å². The lowest BCUT2D eigenvalue weighted by molar-refractivity contribution is -0.172. The predicted molar refractivity (Wildman–Crippen MR) is 141 cm³/mol. The van der Waals surface area contributed by atoms with Crippen molar-refractivity contribution in [2.24, 2.45) is 0 Å². The first-order valence-corrected chi connectivity index (χ1v) is 12.9. The molecule has 0 radical (unpaired) electrons. The largest absolute Gasteiger partial charge is 0.458 e. The van der Waals surface area contributed by atoms with Gasteiger partial charge >= 0.3 is 18.2 Å². The van der Waals surface area contributed by atoms with Gasteiger partial charge in [-0.15, -0.1) is 0 Å². The molecule has 0 aromatic rings. The minimum atomic E-state index is -1.22. The van der Waals surface area contributed by atoms with Crippen molar-refractivity contribution in [2.45, 2.75) is 124 Å². The van der Waals surface area contributed by atoms with Crippen molar-refractivity contribution in [3.05, 3.63) is 24.3 Å². The molecule has 0 aliphatic carbocycles. The van der Waals surface area contributed by atoms with Gasteiger partial charge in [0.1, 0.15) is 29.5 Å². The first-order valence-electron chi connectivity index (χ1n) is 12.9. The molecule has 1 aliphatic heterocycles. The molecule has 0 aromatic heterocycles. The quantitative estimate of drug-likeness (QED) is 0.228. The minimum Gasteiger partial charge on any atom is -0.458 e. The van der Waals surface area contributed by atoms with E-state index in [1.54, 1.807) is 48.5 Å². The van der Waals surface area contributed by atoms with Gasteiger partial charge in [0.05, 0.1) is 19.3 Å². The number of nitrogens with zero attached hydrogens (tertiary/aromatic N) is 1. The van der Waals surface area contributed by atoms with Crippen LogP contribution in [0.4, 0.5) is 9.59 Å². The van der Waals surface area contributed by atoms with Gasteiger partial charge in [0.25, 0.3) is 0 Å². The van der Waals surface area contributed by atoms with E-state index in [4.69, 9.17) is 23.7 Å². The van der Waals surface area contributed by atoms with Crippen molar-refractivity contribution in [3.63, 3.8) is 0 Å². The summed E-state index contributed by atoms with van der Waals surface area (Å²) >= 11 is 0. The summed E-state index contributed by atoms with van der Waals surface area (Å²) in [5.74, 6) is -0.742. The summed E-state index contributed by atoms with van der Waals surface area (Å²) in [6.07, 6.45) is -1.59. The highest BCUT2D eigenvalue weighted by Gasteiger charge is 2.43. The molecule has 9 nitrogen and oxygen atoms in total. The van der Waals surface area contributed by atoms with Crippen LogP contribution in [0.3, 0.4) is 0 Å². The Labute approximate surface area is 222 Å². The van der Waals surface area contributed by atoms with Gasteiger partial charge in [-0.3, -0.25) is 0 Å². The lowest BCUT2D eigenvalue weighted by Crippen LogP contribution is -2.54. The third-order valence-electron chi connectivity index (χ3n) is 5.18. The zero-order valence-corrected chi connectivity index (χ0v) is 24.2. The van der Waals surface area contributed by atoms with E-state index in [-0.39, 0.29) is 19.1 Å². The van der Waals surface area contributed by atoms with Crippen molar-refractivity contribution < 1.29 is 38.1 Å². The monoisotopic (exact) mass is 525 g/mol. The van der Waals surface area contributed by atoms with E-state index in [0.717, 1.165) is 16.0 Å².